The lowest BCUT2D eigenvalue weighted by Gasteiger charge is -2.35. The van der Waals surface area contributed by atoms with E-state index in [1.807, 2.05) is 20.8 Å². The van der Waals surface area contributed by atoms with Gasteiger partial charge in [-0.1, -0.05) is 0 Å². The molecule has 1 fully saturated rings. The van der Waals surface area contributed by atoms with Crippen LogP contribution in [0.3, 0.4) is 0 Å². The van der Waals surface area contributed by atoms with E-state index < -0.39 is 11.5 Å². The highest BCUT2D eigenvalue weighted by Gasteiger charge is 2.39. The van der Waals surface area contributed by atoms with Gasteiger partial charge in [0.1, 0.15) is 5.69 Å². The van der Waals surface area contributed by atoms with Crippen molar-refractivity contribution in [2.45, 2.75) is 53.0 Å². The molecule has 1 aliphatic rings. The number of amides is 1. The van der Waals surface area contributed by atoms with E-state index in [0.717, 1.165) is 12.8 Å². The Kier molecular flexibility index (Phi) is 5.11. The molecule has 1 amide bonds. The Balaban J connectivity index is 2.37. The van der Waals surface area contributed by atoms with Crippen LogP contribution in [0.1, 0.15) is 65.7 Å². The number of Topliss-reactive ketones (excluding diaryl/α,β-unsaturated/α-hetero) is 1. The Morgan fingerprint density at radius 3 is 2.20 bits per heavy atom. The summed E-state index contributed by atoms with van der Waals surface area (Å²) >= 11 is 0. The molecular weight excluding hydrogens is 320 g/mol. The number of nitrogens with zero attached hydrogens (tertiary/aromatic N) is 2. The van der Waals surface area contributed by atoms with Gasteiger partial charge in [-0.3, -0.25) is 9.59 Å². The van der Waals surface area contributed by atoms with E-state index in [2.05, 4.69) is 0 Å². The lowest BCUT2D eigenvalue weighted by Crippen LogP contribution is -2.49. The molecule has 6 heteroatoms. The summed E-state index contributed by atoms with van der Waals surface area (Å²) in [7, 11) is 3.06. The largest absolute Gasteiger partial charge is 0.464 e. The minimum atomic E-state index is -0.469. The standard InChI is InChI=1S/C19H28N2O4/c1-11-15(12(2)20(6)16(11)18(24)25-7)14(22)10-21(19(3,4)5)17(23)13-8-9-13/h13H,8-10H2,1-7H3. The van der Waals surface area contributed by atoms with E-state index in [-0.39, 0.29) is 24.2 Å². The summed E-state index contributed by atoms with van der Waals surface area (Å²) in [6.07, 6.45) is 1.80. The normalized spacial score (nSPS) is 14.4. The van der Waals surface area contributed by atoms with E-state index in [4.69, 9.17) is 4.74 Å². The summed E-state index contributed by atoms with van der Waals surface area (Å²) in [5, 5.41) is 0. The smallest absolute Gasteiger partial charge is 0.354 e. The molecule has 1 aliphatic carbocycles. The first kappa shape index (κ1) is 19.2. The van der Waals surface area contributed by atoms with Gasteiger partial charge in [0, 0.05) is 29.8 Å². The zero-order chi connectivity index (χ0) is 19.1. The quantitative estimate of drug-likeness (QED) is 0.606. The minimum absolute atomic E-state index is 0.0190. The van der Waals surface area contributed by atoms with E-state index in [1.54, 1.807) is 30.4 Å². The highest BCUT2D eigenvalue weighted by molar-refractivity contribution is 6.05. The number of ether oxygens (including phenoxy) is 1. The molecule has 1 heterocycles. The lowest BCUT2D eigenvalue weighted by molar-refractivity contribution is -0.136. The van der Waals surface area contributed by atoms with Crippen LogP contribution in [0, 0.1) is 19.8 Å². The van der Waals surface area contributed by atoms with Crippen molar-refractivity contribution in [1.29, 1.82) is 0 Å². The summed E-state index contributed by atoms with van der Waals surface area (Å²) in [5.41, 5.74) is 1.75. The molecular formula is C19H28N2O4. The number of methoxy groups -OCH3 is 1. The van der Waals surface area contributed by atoms with Crippen LogP contribution in [-0.2, 0) is 16.6 Å². The summed E-state index contributed by atoms with van der Waals surface area (Å²) in [4.78, 5) is 39.3. The molecule has 0 spiro atoms. The number of carbonyl (C=O) groups is 3. The SMILES string of the molecule is COC(=O)c1c(C)c(C(=O)CN(C(=O)C2CC2)C(C)(C)C)c(C)n1C. The number of carbonyl (C=O) groups excluding carboxylic acids is 3. The number of hydrogen-bond acceptors (Lipinski definition) is 4. The molecule has 0 radical (unpaired) electrons. The molecule has 0 aromatic carbocycles. The second-order valence-corrected chi connectivity index (χ2v) is 7.78. The Hall–Kier alpha value is -2.11. The molecule has 0 unspecified atom stereocenters. The topological polar surface area (TPSA) is 68.6 Å². The molecule has 0 saturated heterocycles. The van der Waals surface area contributed by atoms with Gasteiger partial charge in [-0.15, -0.1) is 0 Å². The van der Waals surface area contributed by atoms with Crippen LogP contribution in [-0.4, -0.2) is 46.3 Å². The van der Waals surface area contributed by atoms with Crippen LogP contribution in [0.5, 0.6) is 0 Å². The Labute approximate surface area is 149 Å². The van der Waals surface area contributed by atoms with Crippen LogP contribution in [0.2, 0.25) is 0 Å². The number of rotatable bonds is 5. The number of ketones is 1. The van der Waals surface area contributed by atoms with Crippen LogP contribution in [0.25, 0.3) is 0 Å². The lowest BCUT2D eigenvalue weighted by atomic mass is 10.0. The molecule has 0 N–H and O–H groups in total. The predicted octanol–water partition coefficient (Wildman–Crippen LogP) is 2.65. The summed E-state index contributed by atoms with van der Waals surface area (Å²) in [6, 6.07) is 0. The molecule has 1 aromatic heterocycles. The molecule has 25 heavy (non-hydrogen) atoms. The zero-order valence-electron chi connectivity index (χ0n) is 16.2. The van der Waals surface area contributed by atoms with Gasteiger partial charge in [0.2, 0.25) is 5.91 Å². The fourth-order valence-corrected chi connectivity index (χ4v) is 3.19. The maximum Gasteiger partial charge on any atom is 0.354 e. The first-order valence-electron chi connectivity index (χ1n) is 8.59. The average molecular weight is 348 g/mol. The fourth-order valence-electron chi connectivity index (χ4n) is 3.19. The first-order chi connectivity index (χ1) is 11.5. The summed E-state index contributed by atoms with van der Waals surface area (Å²) in [6.45, 7) is 9.38. The van der Waals surface area contributed by atoms with Crippen molar-refractivity contribution < 1.29 is 19.1 Å². The van der Waals surface area contributed by atoms with Crippen molar-refractivity contribution in [3.8, 4) is 0 Å². The molecule has 0 aliphatic heterocycles. The Morgan fingerprint density at radius 1 is 1.20 bits per heavy atom. The van der Waals surface area contributed by atoms with Crippen LogP contribution >= 0.6 is 0 Å². The minimum Gasteiger partial charge on any atom is -0.464 e. The van der Waals surface area contributed by atoms with Crippen LogP contribution in [0.4, 0.5) is 0 Å². The van der Waals surface area contributed by atoms with Gasteiger partial charge in [0.15, 0.2) is 5.78 Å². The van der Waals surface area contributed by atoms with Gasteiger partial charge >= 0.3 is 5.97 Å². The van der Waals surface area contributed by atoms with Gasteiger partial charge in [-0.05, 0) is 53.0 Å². The van der Waals surface area contributed by atoms with E-state index >= 15 is 0 Å². The average Bonchev–Trinajstić information content (AvgIpc) is 3.32. The van der Waals surface area contributed by atoms with E-state index in [9.17, 15) is 14.4 Å². The highest BCUT2D eigenvalue weighted by atomic mass is 16.5. The van der Waals surface area contributed by atoms with Crippen molar-refractivity contribution in [2.75, 3.05) is 13.7 Å². The van der Waals surface area contributed by atoms with Gasteiger partial charge in [0.25, 0.3) is 0 Å². The first-order valence-corrected chi connectivity index (χ1v) is 8.59. The zero-order valence-corrected chi connectivity index (χ0v) is 16.2. The predicted molar refractivity (Wildman–Crippen MR) is 94.7 cm³/mol. The molecule has 0 bridgehead atoms. The summed E-state index contributed by atoms with van der Waals surface area (Å²) < 4.78 is 6.50. The third-order valence-corrected chi connectivity index (χ3v) is 4.89. The molecule has 1 saturated carbocycles. The monoisotopic (exact) mass is 348 g/mol. The van der Waals surface area contributed by atoms with Gasteiger partial charge in [0.05, 0.1) is 13.7 Å². The second-order valence-electron chi connectivity index (χ2n) is 7.78. The molecule has 2 rings (SSSR count). The molecule has 6 nitrogen and oxygen atoms in total. The highest BCUT2D eigenvalue weighted by Crippen LogP contribution is 2.33. The number of aromatic nitrogens is 1. The fraction of sp³-hybridized carbons (Fsp3) is 0.632. The molecule has 1 aromatic rings. The maximum atomic E-state index is 13.0. The van der Waals surface area contributed by atoms with Gasteiger partial charge in [-0.25, -0.2) is 4.79 Å². The summed E-state index contributed by atoms with van der Waals surface area (Å²) in [5.74, 6) is -0.524. The van der Waals surface area contributed by atoms with E-state index in [0.29, 0.717) is 22.5 Å². The van der Waals surface area contributed by atoms with Gasteiger partial charge < -0.3 is 14.2 Å². The molecule has 0 atom stereocenters. The van der Waals surface area contributed by atoms with Crippen molar-refractivity contribution in [3.63, 3.8) is 0 Å². The molecule has 138 valence electrons. The van der Waals surface area contributed by atoms with Crippen molar-refractivity contribution in [2.24, 2.45) is 13.0 Å². The Morgan fingerprint density at radius 2 is 1.76 bits per heavy atom. The third-order valence-electron chi connectivity index (χ3n) is 4.89. The van der Waals surface area contributed by atoms with Crippen LogP contribution in [0.15, 0.2) is 0 Å². The van der Waals surface area contributed by atoms with Crippen LogP contribution < -0.4 is 0 Å². The van der Waals surface area contributed by atoms with Crippen molar-refractivity contribution >= 4 is 17.7 Å². The Bertz CT molecular complexity index is 721. The van der Waals surface area contributed by atoms with E-state index in [1.165, 1.54) is 7.11 Å². The number of hydrogen-bond donors (Lipinski definition) is 0. The number of esters is 1. The van der Waals surface area contributed by atoms with Crippen molar-refractivity contribution in [3.05, 3.63) is 22.5 Å². The third kappa shape index (κ3) is 3.62. The van der Waals surface area contributed by atoms with Crippen molar-refractivity contribution in [1.82, 2.24) is 9.47 Å². The van der Waals surface area contributed by atoms with Gasteiger partial charge in [-0.2, -0.15) is 0 Å². The second kappa shape index (κ2) is 6.65. The maximum absolute atomic E-state index is 13.0.